The Labute approximate surface area is 607 Å². The third-order valence-corrected chi connectivity index (χ3v) is 58.1. The molecule has 0 aromatic heterocycles. The van der Waals surface area contributed by atoms with E-state index in [4.69, 9.17) is 57.7 Å². The Kier molecular flexibility index (Phi) is 32.3. The Bertz CT molecular complexity index is 2650. The predicted molar refractivity (Wildman–Crippen MR) is 421 cm³/mol. The first-order chi connectivity index (χ1) is 45.0. The van der Waals surface area contributed by atoms with E-state index in [2.05, 4.69) is 243 Å². The van der Waals surface area contributed by atoms with Gasteiger partial charge in [0.25, 0.3) is 8.32 Å². The molecule has 3 saturated heterocycles. The van der Waals surface area contributed by atoms with Gasteiger partial charge in [-0.25, -0.2) is 0 Å². The summed E-state index contributed by atoms with van der Waals surface area (Å²) in [6.45, 7) is 63.3. The van der Waals surface area contributed by atoms with Gasteiger partial charge in [0, 0.05) is 13.0 Å². The van der Waals surface area contributed by atoms with Crippen molar-refractivity contribution in [3.63, 3.8) is 0 Å². The van der Waals surface area contributed by atoms with E-state index in [1.54, 1.807) is 0 Å². The molecule has 0 saturated carbocycles. The van der Waals surface area contributed by atoms with Crippen LogP contribution in [0.2, 0.25) is 77.2 Å². The number of ether oxygens (including phenoxy) is 6. The van der Waals surface area contributed by atoms with Gasteiger partial charge in [0.05, 0.1) is 30.0 Å². The van der Waals surface area contributed by atoms with E-state index in [-0.39, 0.29) is 56.4 Å². The minimum atomic E-state index is -2.73. The van der Waals surface area contributed by atoms with Gasteiger partial charge >= 0.3 is 317 Å². The van der Waals surface area contributed by atoms with Crippen molar-refractivity contribution in [2.24, 2.45) is 5.92 Å². The molecule has 0 aliphatic carbocycles. The third kappa shape index (κ3) is 22.9. The number of allylic oxidation sites excluding steroid dienone is 1. The number of carbonyl (C=O) groups is 1. The number of halogens is 1. The monoisotopic (exact) mass is 1550 g/mol. The van der Waals surface area contributed by atoms with Crippen molar-refractivity contribution in [3.05, 3.63) is 85.7 Å². The molecule has 556 valence electrons. The molecule has 3 aliphatic rings. The van der Waals surface area contributed by atoms with Crippen LogP contribution in [-0.4, -0.2) is 143 Å². The van der Waals surface area contributed by atoms with Crippen LogP contribution in [0.1, 0.15) is 228 Å². The molecule has 1 unspecified atom stereocenters. The Hall–Kier alpha value is -1.17. The maximum atomic E-state index is 13.8. The predicted octanol–water partition coefficient (Wildman–Crippen LogP) is 21.4. The average Bonchev–Trinajstić information content (AvgIpc) is 1.74. The number of unbranched alkanes of at least 4 members (excludes halogenated alkanes) is 3. The molecule has 17 heteroatoms. The number of benzene rings is 2. The Morgan fingerprint density at radius 1 is 0.701 bits per heavy atom. The van der Waals surface area contributed by atoms with Crippen molar-refractivity contribution >= 4 is 79.6 Å². The Balaban J connectivity index is 1.51. The summed E-state index contributed by atoms with van der Waals surface area (Å²) >= 11 is 3.82. The van der Waals surface area contributed by atoms with E-state index in [1.807, 2.05) is 13.0 Å². The van der Waals surface area contributed by atoms with Crippen LogP contribution in [0.3, 0.4) is 0 Å². The van der Waals surface area contributed by atoms with E-state index in [0.717, 1.165) is 32.1 Å². The van der Waals surface area contributed by atoms with Gasteiger partial charge in [-0.1, -0.05) is 115 Å². The number of esters is 1. The summed E-state index contributed by atoms with van der Waals surface area (Å²) in [4.78, 5) is 13.8. The summed E-state index contributed by atoms with van der Waals surface area (Å²) in [6.07, 6.45) is 16.3. The van der Waals surface area contributed by atoms with E-state index in [9.17, 15) is 4.79 Å². The van der Waals surface area contributed by atoms with Crippen molar-refractivity contribution in [3.8, 4) is 0 Å². The second kappa shape index (κ2) is 36.2. The summed E-state index contributed by atoms with van der Waals surface area (Å²) < 4.78 is 78.7. The first-order valence-electron chi connectivity index (χ1n) is 38.1. The molecule has 3 heterocycles. The fourth-order valence-electron chi connectivity index (χ4n) is 14.6. The van der Waals surface area contributed by atoms with Gasteiger partial charge in [0.1, 0.15) is 6.10 Å². The molecule has 12 atom stereocenters. The summed E-state index contributed by atoms with van der Waals surface area (Å²) in [7, 11) is -9.70. The molecule has 5 rings (SSSR count). The fourth-order valence-corrected chi connectivity index (χ4v) is 38.4. The smallest absolute Gasteiger partial charge is 0.114 e. The Morgan fingerprint density at radius 2 is 1.24 bits per heavy atom. The van der Waals surface area contributed by atoms with Crippen LogP contribution in [0.15, 0.2) is 85.7 Å². The first-order valence-corrected chi connectivity index (χ1v) is 57.3. The van der Waals surface area contributed by atoms with E-state index in [0.29, 0.717) is 38.9 Å². The van der Waals surface area contributed by atoms with Gasteiger partial charge in [-0.3, -0.25) is 0 Å². The molecule has 0 amide bonds. The van der Waals surface area contributed by atoms with Crippen molar-refractivity contribution in [1.82, 2.24) is 0 Å². The molecule has 3 aliphatic heterocycles. The van der Waals surface area contributed by atoms with Crippen molar-refractivity contribution in [2.45, 2.75) is 371 Å². The quantitative estimate of drug-likeness (QED) is 0.0122. The van der Waals surface area contributed by atoms with Gasteiger partial charge in [0.15, 0.2) is 8.32 Å². The fraction of sp³-hybridized carbons (Fsp3) is 0.787. The van der Waals surface area contributed by atoms with Gasteiger partial charge in [0.2, 0.25) is 0 Å². The van der Waals surface area contributed by atoms with Crippen LogP contribution in [0, 0.1) is 5.92 Å². The van der Waals surface area contributed by atoms with Crippen LogP contribution in [-0.2, 0) is 50.9 Å². The topological polar surface area (TPSA) is 109 Å². The summed E-state index contributed by atoms with van der Waals surface area (Å²) in [5, 5.41) is 2.34. The summed E-state index contributed by atoms with van der Waals surface area (Å²) in [5.41, 5.74) is -2.58. The van der Waals surface area contributed by atoms with Crippen LogP contribution < -0.4 is 10.4 Å². The van der Waals surface area contributed by atoms with Crippen molar-refractivity contribution in [2.75, 3.05) is 19.1 Å². The van der Waals surface area contributed by atoms with E-state index >= 15 is 0 Å². The van der Waals surface area contributed by atoms with Crippen molar-refractivity contribution in [1.29, 1.82) is 0 Å². The number of fused-ring (bicyclic) bond motifs is 2. The molecular formula is C80H143ClO11Si4Sn. The van der Waals surface area contributed by atoms with Gasteiger partial charge in [-0.15, -0.1) is 18.2 Å². The third-order valence-electron chi connectivity index (χ3n) is 24.0. The second-order valence-electron chi connectivity index (χ2n) is 36.0. The van der Waals surface area contributed by atoms with E-state index < -0.39 is 99.0 Å². The number of hydrogen-bond acceptors (Lipinski definition) is 11. The molecule has 0 bridgehead atoms. The zero-order valence-electron chi connectivity index (χ0n) is 66.3. The zero-order chi connectivity index (χ0) is 72.7. The van der Waals surface area contributed by atoms with Gasteiger partial charge in [-0.2, -0.15) is 0 Å². The normalized spacial score (nSPS) is 25.6. The standard InChI is InChI=1S/C68H116ClO11Si4.3C4H9.Sn/c1-25-43-71-56(40-34-44-72-81(19,20)62(4,5)6)67(17,80-83(23,24)64(10,11)12)42-41-60(76-59(70)49-69)75-58-47-54-61(78-66(58,16)26-2)55(79-82(21,22)63(7,8)9)48-68(18)57(74-54)46-50(3)53(77-68)39-33-45-73-84(65(13,14)15,51-35-29-27-30-36-51)52-37-31-28-32-38-52;3*1-3-4-2;/h25-32,35-38,43,50,53-58,60-61H,1-2,33-34,39-42,44-49H2,3-24H3;3*1,3-4H2,2H3;/b43-25-;;;;/t50-,53-,54+,55-,56+,57-,58-,60?,61+,66+,67-,68+;;;;/m0..../s1. The minimum absolute atomic E-state index is 0.0272. The van der Waals surface area contributed by atoms with E-state index in [1.165, 1.54) is 66.6 Å². The summed E-state index contributed by atoms with van der Waals surface area (Å²) in [5.74, 6) is -0.680. The Morgan fingerprint density at radius 3 is 1.73 bits per heavy atom. The average molecular weight is 1550 g/mol. The molecule has 97 heavy (non-hydrogen) atoms. The van der Waals surface area contributed by atoms with Crippen molar-refractivity contribution < 1.29 is 50.9 Å². The number of hydrogen-bond donors (Lipinski definition) is 0. The SMILES string of the molecule is C=C[C@@]1(C)O[C@H]2[C@@H](O[Si](C)(C)C(C)(C)C)C[C@@]3(C)O[C@@H](CCCO[Si](c4ccccc4)(c4ccccc4)C(C)(C)C)[C@@H](C)C[C@@H]3O[C@@H]2C[C@@H]1OC(CC[C@](C)(O[Si](C)(C)C(C)(C)C)[C@@H](CCCO[Si](C)(C)C(C)(C)C)O/C=C\[CH2][Sn]([CH2]CCC)([CH2]CCC)[CH2]CCC)OC(=O)CCl. The number of alkyl halides is 1. The molecular weight excluding hydrogens is 1400 g/mol. The molecule has 3 fully saturated rings. The van der Waals surface area contributed by atoms with Gasteiger partial charge in [-0.05, 0) is 72.6 Å². The first kappa shape index (κ1) is 86.5. The number of carbonyl (C=O) groups excluding carboxylic acids is 1. The van der Waals surface area contributed by atoms with Crippen LogP contribution >= 0.6 is 11.6 Å². The molecule has 11 nitrogen and oxygen atoms in total. The molecule has 0 spiro atoms. The molecule has 2 aromatic rings. The minimum Gasteiger partial charge on any atom is -0.114 e. The van der Waals surface area contributed by atoms with Crippen LogP contribution in [0.5, 0.6) is 0 Å². The zero-order valence-corrected chi connectivity index (χ0v) is 73.9. The number of rotatable bonds is 38. The molecule has 0 radical (unpaired) electrons. The van der Waals surface area contributed by atoms with Gasteiger partial charge < -0.3 is 23.1 Å². The molecule has 0 N–H and O–H groups in total. The van der Waals surface area contributed by atoms with Crippen LogP contribution in [0.25, 0.3) is 0 Å². The summed E-state index contributed by atoms with van der Waals surface area (Å²) in [6, 6.07) is 21.8. The maximum absolute atomic E-state index is 13.8. The second-order valence-corrected chi connectivity index (χ2v) is 68.9. The molecule has 2 aromatic carbocycles. The van der Waals surface area contributed by atoms with Crippen LogP contribution in [0.4, 0.5) is 0 Å².